The number of hydrogen-bond donors (Lipinski definition) is 1. The smallest absolute Gasteiger partial charge is 0.374 e. The van der Waals surface area contributed by atoms with Crippen LogP contribution >= 0.6 is 0 Å². The van der Waals surface area contributed by atoms with Crippen molar-refractivity contribution in [2.24, 2.45) is 5.92 Å². The van der Waals surface area contributed by atoms with Gasteiger partial charge in [-0.3, -0.25) is 4.90 Å². The first-order valence-electron chi connectivity index (χ1n) is 6.67. The van der Waals surface area contributed by atoms with Gasteiger partial charge in [-0.2, -0.15) is 0 Å². The molecule has 1 aliphatic rings. The first-order chi connectivity index (χ1) is 9.11. The van der Waals surface area contributed by atoms with Crippen molar-refractivity contribution in [2.75, 3.05) is 20.2 Å². The number of aliphatic hydroxyl groups excluding tert-OH is 1. The third-order valence-corrected chi connectivity index (χ3v) is 3.83. The van der Waals surface area contributed by atoms with Crippen molar-refractivity contribution in [2.45, 2.75) is 32.4 Å². The first kappa shape index (κ1) is 14.1. The van der Waals surface area contributed by atoms with E-state index in [-0.39, 0.29) is 6.10 Å². The zero-order valence-corrected chi connectivity index (χ0v) is 11.5. The van der Waals surface area contributed by atoms with Crippen LogP contribution in [0.5, 0.6) is 0 Å². The largest absolute Gasteiger partial charge is 0.463 e. The maximum absolute atomic E-state index is 11.5. The molecule has 2 rings (SSSR count). The van der Waals surface area contributed by atoms with E-state index in [1.807, 2.05) is 13.0 Å². The van der Waals surface area contributed by atoms with E-state index in [0.29, 0.717) is 18.2 Å². The molecule has 0 amide bonds. The summed E-state index contributed by atoms with van der Waals surface area (Å²) in [5.74, 6) is 0.250. The third-order valence-electron chi connectivity index (χ3n) is 3.83. The molecule has 106 valence electrons. The zero-order chi connectivity index (χ0) is 13.8. The van der Waals surface area contributed by atoms with Crippen LogP contribution in [0.1, 0.15) is 35.9 Å². The average Bonchev–Trinajstić information content (AvgIpc) is 2.86. The van der Waals surface area contributed by atoms with E-state index >= 15 is 0 Å². The second kappa shape index (κ2) is 6.21. The van der Waals surface area contributed by atoms with Gasteiger partial charge in [0.05, 0.1) is 19.5 Å². The SMILES string of the molecule is COC(=O)c1occc1CN1CCC(C(C)O)CC1. The van der Waals surface area contributed by atoms with Gasteiger partial charge >= 0.3 is 5.97 Å². The number of hydrogen-bond acceptors (Lipinski definition) is 5. The Labute approximate surface area is 113 Å². The molecule has 0 bridgehead atoms. The van der Waals surface area contributed by atoms with Crippen LogP contribution in [0.15, 0.2) is 16.7 Å². The van der Waals surface area contributed by atoms with Crippen molar-refractivity contribution in [1.29, 1.82) is 0 Å². The Balaban J connectivity index is 1.93. The van der Waals surface area contributed by atoms with E-state index < -0.39 is 5.97 Å². The molecule has 1 N–H and O–H groups in total. The lowest BCUT2D eigenvalue weighted by Gasteiger charge is -2.33. The standard InChI is InChI=1S/C14H21NO4/c1-10(16)11-3-6-15(7-4-11)9-12-5-8-19-13(12)14(17)18-2/h5,8,10-11,16H,3-4,6-7,9H2,1-2H3. The van der Waals surface area contributed by atoms with E-state index in [0.717, 1.165) is 31.5 Å². The number of rotatable bonds is 4. The van der Waals surface area contributed by atoms with E-state index in [1.165, 1.54) is 13.4 Å². The quantitative estimate of drug-likeness (QED) is 0.841. The number of ether oxygens (including phenoxy) is 1. The third kappa shape index (κ3) is 3.36. The molecule has 5 heteroatoms. The highest BCUT2D eigenvalue weighted by Crippen LogP contribution is 2.23. The molecule has 19 heavy (non-hydrogen) atoms. The van der Waals surface area contributed by atoms with E-state index in [2.05, 4.69) is 9.64 Å². The predicted molar refractivity (Wildman–Crippen MR) is 69.7 cm³/mol. The van der Waals surface area contributed by atoms with Crippen molar-refractivity contribution >= 4 is 5.97 Å². The van der Waals surface area contributed by atoms with Gasteiger partial charge in [0.1, 0.15) is 0 Å². The molecule has 0 spiro atoms. The van der Waals surface area contributed by atoms with Crippen LogP contribution in [0.2, 0.25) is 0 Å². The maximum atomic E-state index is 11.5. The summed E-state index contributed by atoms with van der Waals surface area (Å²) in [4.78, 5) is 13.8. The lowest BCUT2D eigenvalue weighted by atomic mass is 9.92. The van der Waals surface area contributed by atoms with E-state index in [9.17, 15) is 9.90 Å². The molecule has 5 nitrogen and oxygen atoms in total. The molecular formula is C14H21NO4. The zero-order valence-electron chi connectivity index (χ0n) is 11.5. The Morgan fingerprint density at radius 3 is 2.84 bits per heavy atom. The highest BCUT2D eigenvalue weighted by molar-refractivity contribution is 5.87. The molecule has 0 aromatic carbocycles. The van der Waals surface area contributed by atoms with Crippen molar-refractivity contribution < 1.29 is 19.1 Å². The molecule has 1 unspecified atom stereocenters. The summed E-state index contributed by atoms with van der Waals surface area (Å²) < 4.78 is 9.87. The number of nitrogens with zero attached hydrogens (tertiary/aromatic N) is 1. The van der Waals surface area contributed by atoms with Gasteiger partial charge in [0.2, 0.25) is 5.76 Å². The minimum Gasteiger partial charge on any atom is -0.463 e. The number of likely N-dealkylation sites (tertiary alicyclic amines) is 1. The molecule has 0 radical (unpaired) electrons. The molecule has 1 saturated heterocycles. The Morgan fingerprint density at radius 2 is 2.26 bits per heavy atom. The fraction of sp³-hybridized carbons (Fsp3) is 0.643. The van der Waals surface area contributed by atoms with Gasteiger partial charge in [-0.1, -0.05) is 0 Å². The summed E-state index contributed by atoms with van der Waals surface area (Å²) >= 11 is 0. The predicted octanol–water partition coefficient (Wildman–Crippen LogP) is 1.66. The molecule has 1 aromatic rings. The van der Waals surface area contributed by atoms with Gasteiger partial charge in [0, 0.05) is 12.1 Å². The average molecular weight is 267 g/mol. The Bertz CT molecular complexity index is 419. The molecule has 1 fully saturated rings. The minimum atomic E-state index is -0.432. The van der Waals surface area contributed by atoms with Crippen molar-refractivity contribution in [1.82, 2.24) is 4.90 Å². The van der Waals surface area contributed by atoms with Crippen LogP contribution in [-0.2, 0) is 11.3 Å². The molecule has 2 heterocycles. The number of methoxy groups -OCH3 is 1. The first-order valence-corrected chi connectivity index (χ1v) is 6.67. The van der Waals surface area contributed by atoms with Crippen LogP contribution in [0, 0.1) is 5.92 Å². The van der Waals surface area contributed by atoms with Gasteiger partial charge < -0.3 is 14.3 Å². The summed E-state index contributed by atoms with van der Waals surface area (Å²) in [7, 11) is 1.35. The van der Waals surface area contributed by atoms with E-state index in [1.54, 1.807) is 0 Å². The number of aliphatic hydroxyl groups is 1. The van der Waals surface area contributed by atoms with Crippen LogP contribution in [-0.4, -0.2) is 42.3 Å². The maximum Gasteiger partial charge on any atom is 0.374 e. The van der Waals surface area contributed by atoms with Crippen molar-refractivity contribution in [3.05, 3.63) is 23.7 Å². The highest BCUT2D eigenvalue weighted by Gasteiger charge is 2.24. The highest BCUT2D eigenvalue weighted by atomic mass is 16.5. The molecule has 0 saturated carbocycles. The normalized spacial score (nSPS) is 19.3. The lowest BCUT2D eigenvalue weighted by molar-refractivity contribution is 0.0556. The van der Waals surface area contributed by atoms with E-state index in [4.69, 9.17) is 4.42 Å². The second-order valence-corrected chi connectivity index (χ2v) is 5.12. The second-order valence-electron chi connectivity index (χ2n) is 5.12. The van der Waals surface area contributed by atoms with Gasteiger partial charge in [0.15, 0.2) is 0 Å². The summed E-state index contributed by atoms with van der Waals surface area (Å²) in [5, 5.41) is 9.57. The number of furan rings is 1. The summed E-state index contributed by atoms with van der Waals surface area (Å²) in [6.45, 7) is 4.40. The Kier molecular flexibility index (Phi) is 4.61. The van der Waals surface area contributed by atoms with Crippen molar-refractivity contribution in [3.8, 4) is 0 Å². The summed E-state index contributed by atoms with van der Waals surface area (Å²) in [6.07, 6.45) is 3.26. The summed E-state index contributed by atoms with van der Waals surface area (Å²) in [6, 6.07) is 1.81. The Hall–Kier alpha value is -1.33. The van der Waals surface area contributed by atoms with Crippen molar-refractivity contribution in [3.63, 3.8) is 0 Å². The van der Waals surface area contributed by atoms with Gasteiger partial charge in [0.25, 0.3) is 0 Å². The minimum absolute atomic E-state index is 0.235. The number of carbonyl (C=O) groups excluding carboxylic acids is 1. The van der Waals surface area contributed by atoms with Gasteiger partial charge in [-0.25, -0.2) is 4.79 Å². The lowest BCUT2D eigenvalue weighted by Crippen LogP contribution is -2.36. The van der Waals surface area contributed by atoms with Gasteiger partial charge in [-0.05, 0) is 44.8 Å². The molecule has 1 aliphatic heterocycles. The monoisotopic (exact) mass is 267 g/mol. The fourth-order valence-electron chi connectivity index (χ4n) is 2.57. The number of esters is 1. The van der Waals surface area contributed by atoms with Crippen LogP contribution in [0.3, 0.4) is 0 Å². The summed E-state index contributed by atoms with van der Waals surface area (Å²) in [5.41, 5.74) is 0.863. The fourth-order valence-corrected chi connectivity index (χ4v) is 2.57. The molecule has 0 aliphatic carbocycles. The molecular weight excluding hydrogens is 246 g/mol. The Morgan fingerprint density at radius 1 is 1.58 bits per heavy atom. The molecule has 1 atom stereocenters. The van der Waals surface area contributed by atoms with Crippen LogP contribution < -0.4 is 0 Å². The molecule has 1 aromatic heterocycles. The number of carbonyl (C=O) groups is 1. The van der Waals surface area contributed by atoms with Crippen LogP contribution in [0.25, 0.3) is 0 Å². The number of piperidine rings is 1. The van der Waals surface area contributed by atoms with Gasteiger partial charge in [-0.15, -0.1) is 0 Å². The topological polar surface area (TPSA) is 62.9 Å². The van der Waals surface area contributed by atoms with Crippen LogP contribution in [0.4, 0.5) is 0 Å².